The molecule has 0 aliphatic rings. The van der Waals surface area contributed by atoms with E-state index in [1.54, 1.807) is 0 Å². The lowest BCUT2D eigenvalue weighted by molar-refractivity contribution is 0.312. The Bertz CT molecular complexity index is 3710. The van der Waals surface area contributed by atoms with Crippen LogP contribution in [-0.4, -0.2) is 19.1 Å². The highest BCUT2D eigenvalue weighted by atomic mass is 16.5. The number of nitrogens with zero attached hydrogens (tertiary/aromatic N) is 4. The highest BCUT2D eigenvalue weighted by Gasteiger charge is 2.25. The Labute approximate surface area is 376 Å². The van der Waals surface area contributed by atoms with Crippen molar-refractivity contribution in [2.45, 2.75) is 6.61 Å². The molecule has 65 heavy (non-hydrogen) atoms. The summed E-state index contributed by atoms with van der Waals surface area (Å²) in [5, 5.41) is 4.20. The highest BCUT2D eigenvalue weighted by molar-refractivity contribution is 6.18. The summed E-state index contributed by atoms with van der Waals surface area (Å²) in [4.78, 5) is 11.0. The Morgan fingerprint density at radius 3 is 1.69 bits per heavy atom. The molecule has 6 heteroatoms. The summed E-state index contributed by atoms with van der Waals surface area (Å²) in [7, 11) is 0. The van der Waals surface area contributed by atoms with Gasteiger partial charge in [0.1, 0.15) is 6.61 Å². The molecule has 0 radical (unpaired) electrons. The first-order valence-corrected chi connectivity index (χ1v) is 21.9. The van der Waals surface area contributed by atoms with Crippen LogP contribution in [0.4, 0.5) is 5.69 Å². The Hall–Kier alpha value is -8.74. The Balaban J connectivity index is 1.17. The molecule has 0 bridgehead atoms. The molecule has 12 rings (SSSR count). The van der Waals surface area contributed by atoms with E-state index in [-0.39, 0.29) is 0 Å². The molecule has 308 valence electrons. The van der Waals surface area contributed by atoms with Crippen molar-refractivity contribution in [3.63, 3.8) is 0 Å². The van der Waals surface area contributed by atoms with Gasteiger partial charge in [0.15, 0.2) is 5.75 Å². The maximum atomic E-state index is 6.92. The first-order valence-electron chi connectivity index (χ1n) is 21.9. The molecule has 0 saturated carbocycles. The molecular formula is C59H41N5O. The molecule has 0 amide bonds. The first-order chi connectivity index (χ1) is 32.2. The number of para-hydroxylation sites is 2. The Morgan fingerprint density at radius 2 is 0.954 bits per heavy atom. The van der Waals surface area contributed by atoms with Crippen molar-refractivity contribution in [2.24, 2.45) is 0 Å². The van der Waals surface area contributed by atoms with Crippen LogP contribution in [0, 0.1) is 0 Å². The van der Waals surface area contributed by atoms with Crippen LogP contribution in [-0.2, 0) is 6.61 Å². The third-order valence-electron chi connectivity index (χ3n) is 12.4. The topological polar surface area (TPSA) is 70.9 Å². The summed E-state index contributed by atoms with van der Waals surface area (Å²) >= 11 is 0. The van der Waals surface area contributed by atoms with E-state index in [2.05, 4.69) is 197 Å². The van der Waals surface area contributed by atoms with E-state index in [1.807, 2.05) is 36.4 Å². The van der Waals surface area contributed by atoms with Gasteiger partial charge in [0.05, 0.1) is 50.2 Å². The second kappa shape index (κ2) is 15.9. The molecule has 0 unspecified atom stereocenters. The van der Waals surface area contributed by atoms with Gasteiger partial charge in [-0.05, 0) is 76.3 Å². The van der Waals surface area contributed by atoms with Gasteiger partial charge in [0.25, 0.3) is 0 Å². The summed E-state index contributed by atoms with van der Waals surface area (Å²) in [6.07, 6.45) is 0. The molecule has 6 nitrogen and oxygen atoms in total. The minimum Gasteiger partial charge on any atom is -0.486 e. The molecule has 3 aromatic heterocycles. The largest absolute Gasteiger partial charge is 0.486 e. The molecule has 2 N–H and O–H groups in total. The highest BCUT2D eigenvalue weighted by Crippen LogP contribution is 2.45. The third kappa shape index (κ3) is 6.67. The van der Waals surface area contributed by atoms with Crippen molar-refractivity contribution in [1.29, 1.82) is 0 Å². The zero-order chi connectivity index (χ0) is 43.3. The molecule has 9 aromatic carbocycles. The molecule has 12 aromatic rings. The van der Waals surface area contributed by atoms with Crippen LogP contribution in [0.3, 0.4) is 0 Å². The summed E-state index contributed by atoms with van der Waals surface area (Å²) in [5.41, 5.74) is 21.7. The fraction of sp³-hybridized carbons (Fsp3) is 0.0169. The van der Waals surface area contributed by atoms with Crippen molar-refractivity contribution >= 4 is 49.3 Å². The van der Waals surface area contributed by atoms with Gasteiger partial charge >= 0.3 is 0 Å². The number of nitrogens with two attached hydrogens (primary N) is 1. The predicted molar refractivity (Wildman–Crippen MR) is 268 cm³/mol. The lowest BCUT2D eigenvalue weighted by atomic mass is 10.0. The van der Waals surface area contributed by atoms with Crippen LogP contribution < -0.4 is 10.5 Å². The number of hydrogen-bond donors (Lipinski definition) is 1. The van der Waals surface area contributed by atoms with E-state index >= 15 is 0 Å². The summed E-state index contributed by atoms with van der Waals surface area (Å²) in [5.74, 6) is 1.15. The van der Waals surface area contributed by atoms with Crippen molar-refractivity contribution < 1.29 is 4.74 Å². The normalized spacial score (nSPS) is 11.5. The van der Waals surface area contributed by atoms with Crippen molar-refractivity contribution in [1.82, 2.24) is 19.1 Å². The van der Waals surface area contributed by atoms with Gasteiger partial charge in [-0.2, -0.15) is 0 Å². The lowest BCUT2D eigenvalue weighted by Gasteiger charge is -2.15. The van der Waals surface area contributed by atoms with Crippen molar-refractivity contribution in [3.8, 4) is 62.2 Å². The van der Waals surface area contributed by atoms with Crippen LogP contribution in [0.15, 0.2) is 224 Å². The zero-order valence-electron chi connectivity index (χ0n) is 35.3. The number of rotatable bonds is 9. The molecule has 3 heterocycles. The van der Waals surface area contributed by atoms with Crippen LogP contribution in [0.1, 0.15) is 5.56 Å². The molecule has 0 aliphatic heterocycles. The van der Waals surface area contributed by atoms with E-state index in [4.69, 9.17) is 20.4 Å². The van der Waals surface area contributed by atoms with Crippen LogP contribution in [0.5, 0.6) is 5.75 Å². The summed E-state index contributed by atoms with van der Waals surface area (Å²) < 4.78 is 11.4. The minimum absolute atomic E-state index is 0.356. The van der Waals surface area contributed by atoms with Gasteiger partial charge in [-0.25, -0.2) is 9.97 Å². The van der Waals surface area contributed by atoms with Gasteiger partial charge < -0.3 is 15.0 Å². The number of anilines is 1. The molecule has 0 saturated heterocycles. The lowest BCUT2D eigenvalue weighted by Crippen LogP contribution is -2.06. The molecule has 0 atom stereocenters. The maximum Gasteiger partial charge on any atom is 0.235 e. The average Bonchev–Trinajstić information content (AvgIpc) is 3.90. The second-order valence-corrected chi connectivity index (χ2v) is 16.4. The van der Waals surface area contributed by atoms with E-state index in [1.165, 1.54) is 21.9 Å². The monoisotopic (exact) mass is 835 g/mol. The molecule has 0 spiro atoms. The van der Waals surface area contributed by atoms with E-state index < -0.39 is 0 Å². The van der Waals surface area contributed by atoms with Gasteiger partial charge in [-0.15, -0.1) is 0 Å². The number of ether oxygens (including phenoxy) is 1. The maximum absolute atomic E-state index is 6.92. The molecule has 0 fully saturated rings. The number of benzene rings is 9. The first kappa shape index (κ1) is 38.0. The number of nitrogen functional groups attached to an aromatic ring is 1. The van der Waals surface area contributed by atoms with Crippen molar-refractivity contribution in [3.05, 3.63) is 230 Å². The molecular weight excluding hydrogens is 795 g/mol. The van der Waals surface area contributed by atoms with E-state index in [0.29, 0.717) is 24.0 Å². The van der Waals surface area contributed by atoms with E-state index in [0.717, 1.165) is 77.7 Å². The number of hydrogen-bond acceptors (Lipinski definition) is 4. The summed E-state index contributed by atoms with van der Waals surface area (Å²) in [6, 6.07) is 78.2. The van der Waals surface area contributed by atoms with Gasteiger partial charge in [0, 0.05) is 27.3 Å². The minimum atomic E-state index is 0.356. The summed E-state index contributed by atoms with van der Waals surface area (Å²) in [6.45, 7) is 0.356. The van der Waals surface area contributed by atoms with Gasteiger partial charge in [0.2, 0.25) is 5.95 Å². The molecule has 0 aliphatic carbocycles. The predicted octanol–water partition coefficient (Wildman–Crippen LogP) is 14.5. The van der Waals surface area contributed by atoms with Crippen LogP contribution in [0.2, 0.25) is 0 Å². The number of fused-ring (bicyclic) bond motifs is 6. The van der Waals surface area contributed by atoms with Gasteiger partial charge in [-0.3, -0.25) is 4.57 Å². The van der Waals surface area contributed by atoms with Crippen LogP contribution in [0.25, 0.3) is 100 Å². The third-order valence-corrected chi connectivity index (χ3v) is 12.4. The quantitative estimate of drug-likeness (QED) is 0.147. The number of aromatic nitrogens is 4. The Morgan fingerprint density at radius 1 is 0.400 bits per heavy atom. The Kier molecular flexibility index (Phi) is 9.27. The average molecular weight is 836 g/mol. The van der Waals surface area contributed by atoms with Crippen molar-refractivity contribution in [2.75, 3.05) is 5.73 Å². The standard InChI is InChI=1S/C59H41N5O/c60-49-32-34-54-56(58(49)65-38-39-17-5-1-6-18-39)47-28-16-30-55(63-52-29-14-13-27-46(52)48-36-44(31-33-53(48)63)41-21-9-3-10-22-41)57(47)64(54)59-61-50(42-23-11-4-12-24-42)37-51(62-59)45-26-15-25-43(35-45)40-19-7-2-8-20-40/h1-37H,38,60H2. The fourth-order valence-electron chi connectivity index (χ4n) is 9.37. The smallest absolute Gasteiger partial charge is 0.235 e. The van der Waals surface area contributed by atoms with Gasteiger partial charge in [-0.1, -0.05) is 176 Å². The fourth-order valence-corrected chi connectivity index (χ4v) is 9.37. The SMILES string of the molecule is Nc1ccc2c(c1OCc1ccccc1)c1cccc(-n3c4ccccc4c4cc(-c5ccccc5)ccc43)c1n2-c1nc(-c2ccccc2)cc(-c2cccc(-c3ccccc3)c2)n1. The van der Waals surface area contributed by atoms with E-state index in [9.17, 15) is 0 Å². The second-order valence-electron chi connectivity index (χ2n) is 16.4. The zero-order valence-corrected chi connectivity index (χ0v) is 35.3. The van der Waals surface area contributed by atoms with Crippen LogP contribution >= 0.6 is 0 Å².